The van der Waals surface area contributed by atoms with Crippen LogP contribution in [0.1, 0.15) is 20.8 Å². The summed E-state index contributed by atoms with van der Waals surface area (Å²) in [6.45, 7) is 3.94. The van der Waals surface area contributed by atoms with Crippen LogP contribution in [0.2, 0.25) is 5.15 Å². The average Bonchev–Trinajstić information content (AvgIpc) is 2.75. The molecule has 0 aliphatic carbocycles. The Morgan fingerprint density at radius 2 is 1.95 bits per heavy atom. The minimum atomic E-state index is -0.523. The minimum Gasteiger partial charge on any atom is -0.465 e. The first-order chi connectivity index (χ1) is 9.42. The fourth-order valence-corrected chi connectivity index (χ4v) is 2.91. The average molecular weight is 377 g/mol. The molecule has 0 atom stereocenters. The van der Waals surface area contributed by atoms with E-state index in [1.165, 1.54) is 7.11 Å². The Bertz CT molecular complexity index is 649. The van der Waals surface area contributed by atoms with Gasteiger partial charge in [-0.05, 0) is 37.1 Å². The number of aryl methyl sites for hydroxylation is 2. The zero-order chi connectivity index (χ0) is 14.9. The summed E-state index contributed by atoms with van der Waals surface area (Å²) in [5.74, 6) is 0.121. The number of rotatable bonds is 3. The Morgan fingerprint density at radius 1 is 1.35 bits per heavy atom. The lowest BCUT2D eigenvalue weighted by Gasteiger charge is -2.07. The molecule has 0 fully saturated rings. The summed E-state index contributed by atoms with van der Waals surface area (Å²) in [7, 11) is 1.29. The summed E-state index contributed by atoms with van der Waals surface area (Å²) in [6.07, 6.45) is 0. The number of carbonyl (C=O) groups is 1. The van der Waals surface area contributed by atoms with Gasteiger partial charge in [0.2, 0.25) is 0 Å². The summed E-state index contributed by atoms with van der Waals surface area (Å²) in [5, 5.41) is 0.388. The second-order valence-corrected chi connectivity index (χ2v) is 6.18. The van der Waals surface area contributed by atoms with Crippen LogP contribution in [0.5, 0.6) is 10.9 Å². The monoisotopic (exact) mass is 375 g/mol. The summed E-state index contributed by atoms with van der Waals surface area (Å²) in [5.41, 5.74) is 2.10. The fourth-order valence-electron chi connectivity index (χ4n) is 1.61. The molecule has 2 rings (SSSR count). The van der Waals surface area contributed by atoms with E-state index >= 15 is 0 Å². The Balaban J connectivity index is 2.29. The van der Waals surface area contributed by atoms with Crippen LogP contribution in [0.25, 0.3) is 0 Å². The predicted molar refractivity (Wildman–Crippen MR) is 82.2 cm³/mol. The van der Waals surface area contributed by atoms with Gasteiger partial charge in [-0.1, -0.05) is 38.9 Å². The molecule has 1 heterocycles. The Morgan fingerprint density at radius 3 is 2.50 bits per heavy atom. The number of hydrogen-bond donors (Lipinski definition) is 0. The van der Waals surface area contributed by atoms with E-state index in [9.17, 15) is 4.79 Å². The number of benzene rings is 1. The largest absolute Gasteiger partial charge is 0.465 e. The number of halogens is 2. The van der Waals surface area contributed by atoms with Gasteiger partial charge in [-0.2, -0.15) is 4.98 Å². The smallest absolute Gasteiger partial charge is 0.351 e. The SMILES string of the molecule is COC(=O)c1sc(Oc2cc(C)c(Br)c(C)c2)nc1Cl. The van der Waals surface area contributed by atoms with Crippen molar-refractivity contribution in [2.45, 2.75) is 13.8 Å². The quantitative estimate of drug-likeness (QED) is 0.725. The van der Waals surface area contributed by atoms with Crippen molar-refractivity contribution in [2.24, 2.45) is 0 Å². The highest BCUT2D eigenvalue weighted by atomic mass is 79.9. The number of ether oxygens (including phenoxy) is 2. The number of methoxy groups -OCH3 is 1. The van der Waals surface area contributed by atoms with Gasteiger partial charge in [0.1, 0.15) is 5.75 Å². The third-order valence-corrected chi connectivity index (χ3v) is 5.10. The topological polar surface area (TPSA) is 48.4 Å². The number of hydrogen-bond acceptors (Lipinski definition) is 5. The number of carbonyl (C=O) groups excluding carboxylic acids is 1. The molecule has 0 saturated heterocycles. The molecule has 2 aromatic rings. The van der Waals surface area contributed by atoms with Crippen molar-refractivity contribution in [1.82, 2.24) is 4.98 Å². The van der Waals surface area contributed by atoms with Crippen molar-refractivity contribution in [3.63, 3.8) is 0 Å². The van der Waals surface area contributed by atoms with Crippen LogP contribution in [0.15, 0.2) is 16.6 Å². The molecule has 0 bridgehead atoms. The first kappa shape index (κ1) is 15.3. The Hall–Kier alpha value is -1.11. The van der Waals surface area contributed by atoms with Gasteiger partial charge >= 0.3 is 5.97 Å². The lowest BCUT2D eigenvalue weighted by atomic mass is 10.1. The molecule has 0 saturated carbocycles. The molecule has 4 nitrogen and oxygen atoms in total. The van der Waals surface area contributed by atoms with Gasteiger partial charge < -0.3 is 9.47 Å². The Labute approximate surface area is 133 Å². The van der Waals surface area contributed by atoms with Crippen LogP contribution in [0.4, 0.5) is 0 Å². The highest BCUT2D eigenvalue weighted by Gasteiger charge is 2.18. The zero-order valence-electron chi connectivity index (χ0n) is 11.0. The summed E-state index contributed by atoms with van der Waals surface area (Å²) in [4.78, 5) is 15.7. The van der Waals surface area contributed by atoms with Crippen molar-refractivity contribution >= 4 is 44.8 Å². The highest BCUT2D eigenvalue weighted by Crippen LogP contribution is 2.34. The molecule has 7 heteroatoms. The van der Waals surface area contributed by atoms with E-state index in [2.05, 4.69) is 25.7 Å². The molecular formula is C13H11BrClNO3S. The van der Waals surface area contributed by atoms with E-state index < -0.39 is 5.97 Å². The van der Waals surface area contributed by atoms with Crippen LogP contribution >= 0.6 is 38.9 Å². The number of esters is 1. The van der Waals surface area contributed by atoms with E-state index in [1.54, 1.807) is 0 Å². The lowest BCUT2D eigenvalue weighted by molar-refractivity contribution is 0.0606. The van der Waals surface area contributed by atoms with Crippen LogP contribution in [0.3, 0.4) is 0 Å². The first-order valence-corrected chi connectivity index (χ1v) is 7.60. The molecule has 106 valence electrons. The lowest BCUT2D eigenvalue weighted by Crippen LogP contribution is -1.98. The van der Waals surface area contributed by atoms with Crippen molar-refractivity contribution in [3.8, 4) is 10.9 Å². The molecule has 0 radical (unpaired) electrons. The van der Waals surface area contributed by atoms with Gasteiger partial charge in [0.15, 0.2) is 10.0 Å². The molecule has 1 aromatic heterocycles. The summed E-state index contributed by atoms with van der Waals surface area (Å²) in [6, 6.07) is 3.76. The van der Waals surface area contributed by atoms with Crippen molar-refractivity contribution in [3.05, 3.63) is 37.8 Å². The van der Waals surface area contributed by atoms with Crippen LogP contribution in [-0.2, 0) is 4.74 Å². The number of aromatic nitrogens is 1. The van der Waals surface area contributed by atoms with E-state index in [0.29, 0.717) is 10.9 Å². The van der Waals surface area contributed by atoms with Crippen LogP contribution < -0.4 is 4.74 Å². The number of nitrogens with zero attached hydrogens (tertiary/aromatic N) is 1. The van der Waals surface area contributed by atoms with E-state index in [-0.39, 0.29) is 10.0 Å². The van der Waals surface area contributed by atoms with Gasteiger partial charge in [-0.25, -0.2) is 4.79 Å². The molecule has 0 unspecified atom stereocenters. The van der Waals surface area contributed by atoms with Gasteiger partial charge in [0.05, 0.1) is 7.11 Å². The normalized spacial score (nSPS) is 10.4. The summed E-state index contributed by atoms with van der Waals surface area (Å²) >= 11 is 10.4. The van der Waals surface area contributed by atoms with Gasteiger partial charge in [-0.15, -0.1) is 0 Å². The molecule has 0 spiro atoms. The summed E-state index contributed by atoms with van der Waals surface area (Å²) < 4.78 is 11.3. The first-order valence-electron chi connectivity index (χ1n) is 5.61. The molecule has 1 aromatic carbocycles. The maximum atomic E-state index is 11.5. The van der Waals surface area contributed by atoms with E-state index in [4.69, 9.17) is 16.3 Å². The van der Waals surface area contributed by atoms with Crippen molar-refractivity contribution in [1.29, 1.82) is 0 Å². The van der Waals surface area contributed by atoms with Crippen LogP contribution in [0, 0.1) is 13.8 Å². The third kappa shape index (κ3) is 3.13. The Kier molecular flexibility index (Phi) is 4.67. The van der Waals surface area contributed by atoms with Gasteiger partial charge in [0.25, 0.3) is 5.19 Å². The molecular weight excluding hydrogens is 366 g/mol. The van der Waals surface area contributed by atoms with Crippen molar-refractivity contribution in [2.75, 3.05) is 7.11 Å². The third-order valence-electron chi connectivity index (χ3n) is 2.55. The van der Waals surface area contributed by atoms with Gasteiger partial charge in [-0.3, -0.25) is 0 Å². The number of thiazole rings is 1. The second-order valence-electron chi connectivity index (χ2n) is 4.06. The maximum Gasteiger partial charge on any atom is 0.351 e. The highest BCUT2D eigenvalue weighted by molar-refractivity contribution is 9.10. The van der Waals surface area contributed by atoms with Crippen LogP contribution in [-0.4, -0.2) is 18.1 Å². The molecule has 0 N–H and O–H groups in total. The van der Waals surface area contributed by atoms with E-state index in [0.717, 1.165) is 26.9 Å². The molecule has 0 aliphatic rings. The minimum absolute atomic E-state index is 0.0856. The van der Waals surface area contributed by atoms with Crippen molar-refractivity contribution < 1.29 is 14.3 Å². The molecule has 0 amide bonds. The maximum absolute atomic E-state index is 11.5. The second kappa shape index (κ2) is 6.11. The zero-order valence-corrected chi connectivity index (χ0v) is 14.1. The molecule has 0 aliphatic heterocycles. The standard InChI is InChI=1S/C13H11BrClNO3S/c1-6-4-8(5-7(2)9(6)14)19-13-16-11(15)10(20-13)12(17)18-3/h4-5H,1-3H3. The predicted octanol–water partition coefficient (Wildman–Crippen LogP) is 4.75. The van der Waals surface area contributed by atoms with E-state index in [1.807, 2.05) is 26.0 Å². The fraction of sp³-hybridized carbons (Fsp3) is 0.231. The van der Waals surface area contributed by atoms with Gasteiger partial charge in [0, 0.05) is 4.47 Å². The molecule has 20 heavy (non-hydrogen) atoms.